The van der Waals surface area contributed by atoms with Gasteiger partial charge >= 0.3 is 6.09 Å². The zero-order valence-corrected chi connectivity index (χ0v) is 10.4. The minimum absolute atomic E-state index is 0.186. The summed E-state index contributed by atoms with van der Waals surface area (Å²) >= 11 is 0. The van der Waals surface area contributed by atoms with Gasteiger partial charge in [0.15, 0.2) is 0 Å². The summed E-state index contributed by atoms with van der Waals surface area (Å²) in [6.45, 7) is 7.29. The lowest BCUT2D eigenvalue weighted by Gasteiger charge is -2.25. The number of amides is 1. The van der Waals surface area contributed by atoms with Gasteiger partial charge in [0.25, 0.3) is 0 Å². The Hall–Kier alpha value is -0.770. The zero-order chi connectivity index (χ0) is 11.9. The summed E-state index contributed by atoms with van der Waals surface area (Å²) in [6, 6.07) is 0.275. The van der Waals surface area contributed by atoms with Crippen LogP contribution < -0.4 is 5.73 Å². The lowest BCUT2D eigenvalue weighted by Crippen LogP contribution is -2.37. The number of carbonyl (C=O) groups is 1. The molecule has 4 heteroatoms. The van der Waals surface area contributed by atoms with E-state index in [0.29, 0.717) is 11.8 Å². The molecule has 92 valence electrons. The molecule has 1 amide bonds. The molecule has 16 heavy (non-hydrogen) atoms. The zero-order valence-electron chi connectivity index (χ0n) is 10.4. The Morgan fingerprint density at radius 3 is 2.56 bits per heavy atom. The third kappa shape index (κ3) is 2.32. The Morgan fingerprint density at radius 2 is 2.00 bits per heavy atom. The first-order valence-electron chi connectivity index (χ1n) is 6.10. The highest BCUT2D eigenvalue weighted by atomic mass is 16.6. The van der Waals surface area contributed by atoms with E-state index in [2.05, 4.69) is 0 Å². The molecule has 0 bridgehead atoms. The lowest BCUT2D eigenvalue weighted by atomic mass is 9.98. The smallest absolute Gasteiger partial charge is 0.410 e. The normalized spacial score (nSPS) is 34.0. The molecule has 2 aliphatic rings. The number of carbonyl (C=O) groups excluding carboxylic acids is 1. The standard InChI is InChI=1S/C12H22N2O2/c1-12(2,3)16-11(15)14-6-8-4-5-10(13)9(8)7-14/h8-10H,4-7,13H2,1-3H3/t8-,9-,10-/m0/s1. The second kappa shape index (κ2) is 3.91. The number of rotatable bonds is 0. The maximum atomic E-state index is 11.9. The molecule has 0 spiro atoms. The number of fused-ring (bicyclic) bond motifs is 1. The van der Waals surface area contributed by atoms with E-state index in [1.807, 2.05) is 25.7 Å². The van der Waals surface area contributed by atoms with Gasteiger partial charge in [-0.15, -0.1) is 0 Å². The monoisotopic (exact) mass is 226 g/mol. The molecule has 0 radical (unpaired) electrons. The van der Waals surface area contributed by atoms with Gasteiger partial charge in [-0.1, -0.05) is 0 Å². The van der Waals surface area contributed by atoms with Crippen LogP contribution >= 0.6 is 0 Å². The molecular weight excluding hydrogens is 204 g/mol. The predicted molar refractivity (Wildman–Crippen MR) is 62.0 cm³/mol. The van der Waals surface area contributed by atoms with Crippen molar-refractivity contribution < 1.29 is 9.53 Å². The molecule has 0 aromatic heterocycles. The highest BCUT2D eigenvalue weighted by molar-refractivity contribution is 5.68. The first-order valence-corrected chi connectivity index (χ1v) is 6.10. The molecule has 0 aromatic carbocycles. The minimum atomic E-state index is -0.406. The predicted octanol–water partition coefficient (Wildman–Crippen LogP) is 1.59. The van der Waals surface area contributed by atoms with Crippen molar-refractivity contribution in [3.05, 3.63) is 0 Å². The molecular formula is C12H22N2O2. The van der Waals surface area contributed by atoms with Gasteiger partial charge < -0.3 is 15.4 Å². The second-order valence-electron chi connectivity index (χ2n) is 6.05. The molecule has 3 atom stereocenters. The Kier molecular flexibility index (Phi) is 2.86. The van der Waals surface area contributed by atoms with Crippen LogP contribution in [0, 0.1) is 11.8 Å². The maximum Gasteiger partial charge on any atom is 0.410 e. The molecule has 2 fully saturated rings. The fourth-order valence-corrected chi connectivity index (χ4v) is 2.78. The molecule has 0 aromatic rings. The van der Waals surface area contributed by atoms with E-state index >= 15 is 0 Å². The Morgan fingerprint density at radius 1 is 1.31 bits per heavy atom. The van der Waals surface area contributed by atoms with Gasteiger partial charge in [-0.2, -0.15) is 0 Å². The summed E-state index contributed by atoms with van der Waals surface area (Å²) in [4.78, 5) is 13.7. The van der Waals surface area contributed by atoms with E-state index in [9.17, 15) is 4.79 Å². The average Bonchev–Trinajstić information content (AvgIpc) is 2.65. The van der Waals surface area contributed by atoms with Crippen molar-refractivity contribution in [2.75, 3.05) is 13.1 Å². The van der Waals surface area contributed by atoms with Gasteiger partial charge in [0.2, 0.25) is 0 Å². The van der Waals surface area contributed by atoms with Crippen molar-refractivity contribution in [3.8, 4) is 0 Å². The van der Waals surface area contributed by atoms with Crippen LogP contribution in [-0.2, 0) is 4.74 Å². The number of likely N-dealkylation sites (tertiary alicyclic amines) is 1. The number of ether oxygens (including phenoxy) is 1. The van der Waals surface area contributed by atoms with Gasteiger partial charge in [-0.05, 0) is 45.4 Å². The topological polar surface area (TPSA) is 55.6 Å². The quantitative estimate of drug-likeness (QED) is 0.682. The SMILES string of the molecule is CC(C)(C)OC(=O)N1C[C@@H]2CC[C@H](N)[C@H]2C1. The summed E-state index contributed by atoms with van der Waals surface area (Å²) in [6.07, 6.45) is 2.08. The largest absolute Gasteiger partial charge is 0.444 e. The van der Waals surface area contributed by atoms with E-state index in [0.717, 1.165) is 25.9 Å². The Bertz CT molecular complexity index is 285. The molecule has 2 rings (SSSR count). The minimum Gasteiger partial charge on any atom is -0.444 e. The van der Waals surface area contributed by atoms with E-state index in [-0.39, 0.29) is 12.1 Å². The fourth-order valence-electron chi connectivity index (χ4n) is 2.78. The van der Waals surface area contributed by atoms with Crippen LogP contribution in [0.15, 0.2) is 0 Å². The van der Waals surface area contributed by atoms with Crippen molar-refractivity contribution in [2.24, 2.45) is 17.6 Å². The third-order valence-electron chi connectivity index (χ3n) is 3.56. The van der Waals surface area contributed by atoms with Gasteiger partial charge in [0, 0.05) is 19.1 Å². The average molecular weight is 226 g/mol. The van der Waals surface area contributed by atoms with Crippen LogP contribution in [0.2, 0.25) is 0 Å². The van der Waals surface area contributed by atoms with Crippen LogP contribution in [0.1, 0.15) is 33.6 Å². The molecule has 4 nitrogen and oxygen atoms in total. The van der Waals surface area contributed by atoms with E-state index in [4.69, 9.17) is 10.5 Å². The fraction of sp³-hybridized carbons (Fsp3) is 0.917. The summed E-state index contributed by atoms with van der Waals surface area (Å²) in [7, 11) is 0. The summed E-state index contributed by atoms with van der Waals surface area (Å²) < 4.78 is 5.37. The van der Waals surface area contributed by atoms with Crippen LogP contribution in [0.5, 0.6) is 0 Å². The van der Waals surface area contributed by atoms with E-state index in [1.54, 1.807) is 0 Å². The second-order valence-corrected chi connectivity index (χ2v) is 6.05. The third-order valence-corrected chi connectivity index (χ3v) is 3.56. The number of nitrogens with zero attached hydrogens (tertiary/aromatic N) is 1. The molecule has 1 saturated heterocycles. The van der Waals surface area contributed by atoms with Crippen LogP contribution in [-0.4, -0.2) is 35.7 Å². The van der Waals surface area contributed by atoms with Crippen LogP contribution in [0.3, 0.4) is 0 Å². The molecule has 1 saturated carbocycles. The molecule has 1 heterocycles. The van der Waals surface area contributed by atoms with Crippen LogP contribution in [0.25, 0.3) is 0 Å². The number of hydrogen-bond acceptors (Lipinski definition) is 3. The highest BCUT2D eigenvalue weighted by Crippen LogP contribution is 2.37. The Balaban J connectivity index is 1.92. The van der Waals surface area contributed by atoms with Crippen molar-refractivity contribution in [2.45, 2.75) is 45.3 Å². The maximum absolute atomic E-state index is 11.9. The molecule has 1 aliphatic heterocycles. The van der Waals surface area contributed by atoms with Crippen molar-refractivity contribution in [1.29, 1.82) is 0 Å². The van der Waals surface area contributed by atoms with Crippen molar-refractivity contribution in [1.82, 2.24) is 4.90 Å². The number of nitrogens with two attached hydrogens (primary N) is 1. The van der Waals surface area contributed by atoms with Crippen LogP contribution in [0.4, 0.5) is 4.79 Å². The van der Waals surface area contributed by atoms with Gasteiger partial charge in [-0.25, -0.2) is 4.79 Å². The van der Waals surface area contributed by atoms with Gasteiger partial charge in [0.05, 0.1) is 0 Å². The summed E-state index contributed by atoms with van der Waals surface area (Å²) in [5, 5.41) is 0. The van der Waals surface area contributed by atoms with Gasteiger partial charge in [0.1, 0.15) is 5.60 Å². The van der Waals surface area contributed by atoms with E-state index < -0.39 is 5.60 Å². The first-order chi connectivity index (χ1) is 7.37. The molecule has 0 unspecified atom stereocenters. The van der Waals surface area contributed by atoms with E-state index in [1.165, 1.54) is 0 Å². The van der Waals surface area contributed by atoms with Crippen molar-refractivity contribution >= 4 is 6.09 Å². The Labute approximate surface area is 97.1 Å². The summed E-state index contributed by atoms with van der Waals surface area (Å²) in [5.41, 5.74) is 5.62. The number of hydrogen-bond donors (Lipinski definition) is 1. The van der Waals surface area contributed by atoms with Crippen molar-refractivity contribution in [3.63, 3.8) is 0 Å². The molecule has 2 N–H and O–H groups in total. The lowest BCUT2D eigenvalue weighted by molar-refractivity contribution is 0.0279. The first kappa shape index (κ1) is 11.7. The highest BCUT2D eigenvalue weighted by Gasteiger charge is 2.43. The summed E-state index contributed by atoms with van der Waals surface area (Å²) in [5.74, 6) is 1.09. The van der Waals surface area contributed by atoms with Gasteiger partial charge in [-0.3, -0.25) is 0 Å². The molecule has 1 aliphatic carbocycles.